The average molecular weight is 223 g/mol. The van der Waals surface area contributed by atoms with Gasteiger partial charge in [-0.2, -0.15) is 5.26 Å². The van der Waals surface area contributed by atoms with Crippen molar-refractivity contribution in [2.45, 2.75) is 26.2 Å². The van der Waals surface area contributed by atoms with Gasteiger partial charge < -0.3 is 10.6 Å². The summed E-state index contributed by atoms with van der Waals surface area (Å²) in [4.78, 5) is 22.4. The van der Waals surface area contributed by atoms with Crippen LogP contribution in [-0.2, 0) is 9.59 Å². The minimum absolute atomic E-state index is 0.132. The highest BCUT2D eigenvalue weighted by Crippen LogP contribution is 2.29. The lowest BCUT2D eigenvalue weighted by Gasteiger charge is -2.10. The van der Waals surface area contributed by atoms with Gasteiger partial charge in [-0.1, -0.05) is 13.3 Å². The molecule has 2 atom stereocenters. The predicted octanol–water partition coefficient (Wildman–Crippen LogP) is 0.179. The molecular formula is C11H17N3O2. The van der Waals surface area contributed by atoms with Crippen LogP contribution in [0.5, 0.6) is 0 Å². The molecule has 2 unspecified atom stereocenters. The van der Waals surface area contributed by atoms with E-state index in [4.69, 9.17) is 5.26 Å². The van der Waals surface area contributed by atoms with Crippen LogP contribution in [0.2, 0.25) is 0 Å². The maximum atomic E-state index is 11.3. The molecule has 88 valence electrons. The third-order valence-electron chi connectivity index (χ3n) is 2.89. The summed E-state index contributed by atoms with van der Waals surface area (Å²) < 4.78 is 0. The number of amides is 2. The van der Waals surface area contributed by atoms with Gasteiger partial charge in [-0.3, -0.25) is 9.59 Å². The van der Waals surface area contributed by atoms with Crippen molar-refractivity contribution in [3.05, 3.63) is 0 Å². The molecule has 5 nitrogen and oxygen atoms in total. The molecule has 0 aromatic heterocycles. The largest absolute Gasteiger partial charge is 0.348 e. The quantitative estimate of drug-likeness (QED) is 0.529. The number of rotatable bonds is 3. The molecule has 1 saturated carbocycles. The van der Waals surface area contributed by atoms with E-state index in [0.29, 0.717) is 18.4 Å². The first-order chi connectivity index (χ1) is 7.63. The molecule has 0 saturated heterocycles. The molecule has 1 fully saturated rings. The molecule has 0 aromatic carbocycles. The van der Waals surface area contributed by atoms with Crippen LogP contribution in [0.1, 0.15) is 26.2 Å². The van der Waals surface area contributed by atoms with Crippen molar-refractivity contribution in [3.8, 4) is 6.07 Å². The lowest BCUT2D eigenvalue weighted by molar-refractivity contribution is -0.139. The molecule has 0 aliphatic heterocycles. The zero-order valence-corrected chi connectivity index (χ0v) is 9.45. The molecule has 1 aliphatic rings. The molecule has 0 aromatic rings. The minimum Gasteiger partial charge on any atom is -0.348 e. The zero-order chi connectivity index (χ0) is 12.0. The molecule has 0 bridgehead atoms. The molecule has 1 aliphatic carbocycles. The van der Waals surface area contributed by atoms with Gasteiger partial charge in [-0.25, -0.2) is 0 Å². The van der Waals surface area contributed by atoms with Crippen molar-refractivity contribution < 1.29 is 9.59 Å². The normalized spacial score (nSPS) is 23.5. The predicted molar refractivity (Wildman–Crippen MR) is 58.1 cm³/mol. The van der Waals surface area contributed by atoms with E-state index >= 15 is 0 Å². The Kier molecular flexibility index (Phi) is 4.77. The van der Waals surface area contributed by atoms with Crippen LogP contribution in [0.25, 0.3) is 0 Å². The van der Waals surface area contributed by atoms with Crippen LogP contribution in [0.4, 0.5) is 0 Å². The Morgan fingerprint density at radius 1 is 1.31 bits per heavy atom. The maximum Gasteiger partial charge on any atom is 0.310 e. The van der Waals surface area contributed by atoms with Crippen LogP contribution in [-0.4, -0.2) is 24.9 Å². The van der Waals surface area contributed by atoms with Crippen LogP contribution < -0.4 is 10.6 Å². The van der Waals surface area contributed by atoms with E-state index in [2.05, 4.69) is 17.6 Å². The number of nitrogens with one attached hydrogen (secondary N) is 2. The maximum absolute atomic E-state index is 11.3. The summed E-state index contributed by atoms with van der Waals surface area (Å²) in [5.41, 5.74) is 0. The van der Waals surface area contributed by atoms with E-state index in [1.54, 1.807) is 6.07 Å². The average Bonchev–Trinajstić information content (AvgIpc) is 2.68. The van der Waals surface area contributed by atoms with E-state index in [-0.39, 0.29) is 6.54 Å². The van der Waals surface area contributed by atoms with Gasteiger partial charge in [0.1, 0.15) is 6.54 Å². The van der Waals surface area contributed by atoms with Crippen LogP contribution >= 0.6 is 0 Å². The molecule has 16 heavy (non-hydrogen) atoms. The molecule has 1 rings (SSSR count). The van der Waals surface area contributed by atoms with Crippen LogP contribution in [0.3, 0.4) is 0 Å². The Bertz CT molecular complexity index is 309. The number of carbonyl (C=O) groups excluding carboxylic acids is 2. The third-order valence-corrected chi connectivity index (χ3v) is 2.89. The van der Waals surface area contributed by atoms with E-state index in [1.165, 1.54) is 6.42 Å². The lowest BCUT2D eigenvalue weighted by Crippen LogP contribution is -2.41. The highest BCUT2D eigenvalue weighted by atomic mass is 16.2. The summed E-state index contributed by atoms with van der Waals surface area (Å²) in [7, 11) is 0. The second-order valence-corrected chi connectivity index (χ2v) is 4.34. The van der Waals surface area contributed by atoms with Crippen molar-refractivity contribution in [3.63, 3.8) is 0 Å². The van der Waals surface area contributed by atoms with Gasteiger partial charge in [0.05, 0.1) is 6.07 Å². The minimum atomic E-state index is -0.729. The fourth-order valence-electron chi connectivity index (χ4n) is 2.03. The van der Waals surface area contributed by atoms with Gasteiger partial charge >= 0.3 is 11.8 Å². The molecule has 2 N–H and O–H groups in total. The summed E-state index contributed by atoms with van der Waals surface area (Å²) in [5, 5.41) is 13.0. The number of nitrogens with zero attached hydrogens (tertiary/aromatic N) is 1. The number of carbonyl (C=O) groups is 2. The molecule has 5 heteroatoms. The first kappa shape index (κ1) is 12.5. The Morgan fingerprint density at radius 3 is 2.56 bits per heavy atom. The van der Waals surface area contributed by atoms with Crippen LogP contribution in [0, 0.1) is 23.2 Å². The third kappa shape index (κ3) is 3.89. The first-order valence-corrected chi connectivity index (χ1v) is 5.56. The van der Waals surface area contributed by atoms with Gasteiger partial charge in [0.25, 0.3) is 0 Å². The summed E-state index contributed by atoms with van der Waals surface area (Å²) in [6.07, 6.45) is 3.42. The summed E-state index contributed by atoms with van der Waals surface area (Å²) in [5.74, 6) is -0.167. The topological polar surface area (TPSA) is 82.0 Å². The Labute approximate surface area is 95.2 Å². The smallest absolute Gasteiger partial charge is 0.310 e. The monoisotopic (exact) mass is 223 g/mol. The summed E-state index contributed by atoms with van der Waals surface area (Å²) in [6.45, 7) is 2.62. The SMILES string of the molecule is CC1CCC(CNC(=O)C(=O)NCC#N)C1. The Balaban J connectivity index is 2.20. The Hall–Kier alpha value is -1.57. The van der Waals surface area contributed by atoms with Gasteiger partial charge in [0.2, 0.25) is 0 Å². The van der Waals surface area contributed by atoms with Crippen molar-refractivity contribution in [1.29, 1.82) is 5.26 Å². The van der Waals surface area contributed by atoms with Gasteiger partial charge in [0, 0.05) is 6.54 Å². The molecule has 2 amide bonds. The number of hydrogen-bond donors (Lipinski definition) is 2. The second-order valence-electron chi connectivity index (χ2n) is 4.34. The Morgan fingerprint density at radius 2 is 2.00 bits per heavy atom. The molecule has 0 heterocycles. The van der Waals surface area contributed by atoms with E-state index in [1.807, 2.05) is 0 Å². The summed E-state index contributed by atoms with van der Waals surface area (Å²) >= 11 is 0. The standard InChI is InChI=1S/C11H17N3O2/c1-8-2-3-9(6-8)7-14-11(16)10(15)13-5-4-12/h8-9H,2-3,5-7H2,1H3,(H,13,15)(H,14,16). The highest BCUT2D eigenvalue weighted by molar-refractivity contribution is 6.35. The van der Waals surface area contributed by atoms with Gasteiger partial charge in [-0.15, -0.1) is 0 Å². The van der Waals surface area contributed by atoms with Crippen molar-refractivity contribution in [2.24, 2.45) is 11.8 Å². The first-order valence-electron chi connectivity index (χ1n) is 5.56. The van der Waals surface area contributed by atoms with E-state index in [0.717, 1.165) is 12.8 Å². The molecule has 0 spiro atoms. The molecular weight excluding hydrogens is 206 g/mol. The van der Waals surface area contributed by atoms with Crippen LogP contribution in [0.15, 0.2) is 0 Å². The summed E-state index contributed by atoms with van der Waals surface area (Å²) in [6, 6.07) is 1.74. The fourth-order valence-corrected chi connectivity index (χ4v) is 2.03. The van der Waals surface area contributed by atoms with Crippen molar-refractivity contribution in [1.82, 2.24) is 10.6 Å². The van der Waals surface area contributed by atoms with Crippen molar-refractivity contribution in [2.75, 3.05) is 13.1 Å². The highest BCUT2D eigenvalue weighted by Gasteiger charge is 2.22. The van der Waals surface area contributed by atoms with E-state index in [9.17, 15) is 9.59 Å². The second kappa shape index (κ2) is 6.11. The zero-order valence-electron chi connectivity index (χ0n) is 9.45. The van der Waals surface area contributed by atoms with Gasteiger partial charge in [-0.05, 0) is 24.7 Å². The molecule has 0 radical (unpaired) electrons. The lowest BCUT2D eigenvalue weighted by atomic mass is 10.1. The van der Waals surface area contributed by atoms with E-state index < -0.39 is 11.8 Å². The van der Waals surface area contributed by atoms with Gasteiger partial charge in [0.15, 0.2) is 0 Å². The number of hydrogen-bond acceptors (Lipinski definition) is 3. The van der Waals surface area contributed by atoms with Crippen molar-refractivity contribution >= 4 is 11.8 Å². The number of nitriles is 1. The fraction of sp³-hybridized carbons (Fsp3) is 0.727.